The molecule has 0 unspecified atom stereocenters. The Kier molecular flexibility index (Phi) is 4.43. The van der Waals surface area contributed by atoms with Gasteiger partial charge in [-0.05, 0) is 35.7 Å². The number of nitrogens with zero attached hydrogens (tertiary/aromatic N) is 2. The Labute approximate surface area is 118 Å². The molecule has 3 N–H and O–H groups in total. The summed E-state index contributed by atoms with van der Waals surface area (Å²) in [6.07, 6.45) is 4.79. The third-order valence-electron chi connectivity index (χ3n) is 2.90. The van der Waals surface area contributed by atoms with Crippen molar-refractivity contribution in [2.24, 2.45) is 5.73 Å². The van der Waals surface area contributed by atoms with Gasteiger partial charge in [0.2, 0.25) is 0 Å². The molecule has 2 aromatic rings. The monoisotopic (exact) mass is 292 g/mol. The SMILES string of the molecule is Cc1cnccc1CNS(=O)(=O)c1ccc(CN)cn1. The highest BCUT2D eigenvalue weighted by Gasteiger charge is 2.15. The second-order valence-corrected chi connectivity index (χ2v) is 6.05. The van der Waals surface area contributed by atoms with Crippen LogP contribution in [0.15, 0.2) is 41.8 Å². The van der Waals surface area contributed by atoms with Crippen molar-refractivity contribution in [3.63, 3.8) is 0 Å². The van der Waals surface area contributed by atoms with Crippen molar-refractivity contribution >= 4 is 10.0 Å². The van der Waals surface area contributed by atoms with E-state index in [1.165, 1.54) is 12.3 Å². The molecule has 0 saturated carbocycles. The Balaban J connectivity index is 2.13. The van der Waals surface area contributed by atoms with Gasteiger partial charge in [0.25, 0.3) is 10.0 Å². The molecule has 0 aliphatic rings. The molecule has 0 aliphatic heterocycles. The summed E-state index contributed by atoms with van der Waals surface area (Å²) < 4.78 is 26.7. The Hall–Kier alpha value is -1.83. The highest BCUT2D eigenvalue weighted by atomic mass is 32.2. The molecule has 0 fully saturated rings. The van der Waals surface area contributed by atoms with Crippen LogP contribution in [0.3, 0.4) is 0 Å². The van der Waals surface area contributed by atoms with Crippen LogP contribution in [0.25, 0.3) is 0 Å². The molecule has 0 atom stereocenters. The van der Waals surface area contributed by atoms with Crippen molar-refractivity contribution < 1.29 is 8.42 Å². The minimum Gasteiger partial charge on any atom is -0.326 e. The first-order chi connectivity index (χ1) is 9.53. The van der Waals surface area contributed by atoms with Crippen LogP contribution in [0, 0.1) is 6.92 Å². The lowest BCUT2D eigenvalue weighted by Gasteiger charge is -2.08. The van der Waals surface area contributed by atoms with E-state index < -0.39 is 10.0 Å². The Morgan fingerprint density at radius 3 is 2.65 bits per heavy atom. The van der Waals surface area contributed by atoms with E-state index in [4.69, 9.17) is 5.73 Å². The summed E-state index contributed by atoms with van der Waals surface area (Å²) in [5, 5.41) is -0.0126. The fourth-order valence-electron chi connectivity index (χ4n) is 1.64. The second-order valence-electron chi connectivity index (χ2n) is 4.34. The number of nitrogens with two attached hydrogens (primary N) is 1. The maximum atomic E-state index is 12.1. The fraction of sp³-hybridized carbons (Fsp3) is 0.231. The number of nitrogens with one attached hydrogen (secondary N) is 1. The Bertz CT molecular complexity index is 684. The van der Waals surface area contributed by atoms with Gasteiger partial charge in [0.1, 0.15) is 0 Å². The van der Waals surface area contributed by atoms with Gasteiger partial charge in [0.05, 0.1) is 0 Å². The molecule has 2 aromatic heterocycles. The topological polar surface area (TPSA) is 98.0 Å². The van der Waals surface area contributed by atoms with Gasteiger partial charge in [0.15, 0.2) is 5.03 Å². The summed E-state index contributed by atoms with van der Waals surface area (Å²) in [6, 6.07) is 4.88. The minimum atomic E-state index is -3.62. The van der Waals surface area contributed by atoms with Gasteiger partial charge in [-0.3, -0.25) is 4.98 Å². The number of hydrogen-bond acceptors (Lipinski definition) is 5. The number of hydrogen-bond donors (Lipinski definition) is 2. The van der Waals surface area contributed by atoms with Crippen molar-refractivity contribution in [1.29, 1.82) is 0 Å². The van der Waals surface area contributed by atoms with Gasteiger partial charge in [-0.25, -0.2) is 18.1 Å². The molecule has 2 rings (SSSR count). The molecule has 20 heavy (non-hydrogen) atoms. The van der Waals surface area contributed by atoms with Gasteiger partial charge in [-0.15, -0.1) is 0 Å². The fourth-order valence-corrected chi connectivity index (χ4v) is 2.57. The molecule has 0 aliphatic carbocycles. The molecule has 0 radical (unpaired) electrons. The maximum absolute atomic E-state index is 12.1. The molecular weight excluding hydrogens is 276 g/mol. The van der Waals surface area contributed by atoms with Crippen molar-refractivity contribution in [3.8, 4) is 0 Å². The van der Waals surface area contributed by atoms with Gasteiger partial charge >= 0.3 is 0 Å². The maximum Gasteiger partial charge on any atom is 0.258 e. The number of aromatic nitrogens is 2. The summed E-state index contributed by atoms with van der Waals surface area (Å²) in [5.41, 5.74) is 8.04. The van der Waals surface area contributed by atoms with Crippen molar-refractivity contribution in [1.82, 2.24) is 14.7 Å². The quantitative estimate of drug-likeness (QED) is 0.846. The van der Waals surface area contributed by atoms with Gasteiger partial charge in [0, 0.05) is 31.7 Å². The van der Waals surface area contributed by atoms with Crippen LogP contribution in [0.2, 0.25) is 0 Å². The van der Waals surface area contributed by atoms with E-state index in [0.29, 0.717) is 6.54 Å². The predicted molar refractivity (Wildman–Crippen MR) is 75.1 cm³/mol. The smallest absolute Gasteiger partial charge is 0.258 e. The van der Waals surface area contributed by atoms with Crippen LogP contribution >= 0.6 is 0 Å². The lowest BCUT2D eigenvalue weighted by atomic mass is 10.2. The zero-order valence-corrected chi connectivity index (χ0v) is 11.9. The van der Waals surface area contributed by atoms with E-state index >= 15 is 0 Å². The third kappa shape index (κ3) is 3.38. The van der Waals surface area contributed by atoms with E-state index in [2.05, 4.69) is 14.7 Å². The van der Waals surface area contributed by atoms with Crippen LogP contribution in [0.4, 0.5) is 0 Å². The third-order valence-corrected chi connectivity index (χ3v) is 4.21. The van der Waals surface area contributed by atoms with Crippen LogP contribution in [-0.4, -0.2) is 18.4 Å². The molecule has 0 saturated heterocycles. The van der Waals surface area contributed by atoms with Crippen molar-refractivity contribution in [3.05, 3.63) is 53.5 Å². The normalized spacial score (nSPS) is 11.5. The van der Waals surface area contributed by atoms with Crippen molar-refractivity contribution in [2.45, 2.75) is 25.0 Å². The number of aryl methyl sites for hydroxylation is 1. The average Bonchev–Trinajstić information content (AvgIpc) is 2.46. The summed E-state index contributed by atoms with van der Waals surface area (Å²) in [7, 11) is -3.62. The first kappa shape index (κ1) is 14.6. The number of sulfonamides is 1. The predicted octanol–water partition coefficient (Wildman–Crippen LogP) is 0.722. The van der Waals surface area contributed by atoms with E-state index in [1.807, 2.05) is 6.92 Å². The molecule has 7 heteroatoms. The zero-order valence-electron chi connectivity index (χ0n) is 11.1. The molecule has 2 heterocycles. The Morgan fingerprint density at radius 1 is 1.25 bits per heavy atom. The van der Waals surface area contributed by atoms with E-state index in [-0.39, 0.29) is 11.6 Å². The lowest BCUT2D eigenvalue weighted by Crippen LogP contribution is -2.24. The van der Waals surface area contributed by atoms with Crippen molar-refractivity contribution in [2.75, 3.05) is 0 Å². The summed E-state index contributed by atoms with van der Waals surface area (Å²) in [4.78, 5) is 7.88. The Morgan fingerprint density at radius 2 is 2.05 bits per heavy atom. The molecule has 6 nitrogen and oxygen atoms in total. The van der Waals surface area contributed by atoms with E-state index in [9.17, 15) is 8.42 Å². The summed E-state index contributed by atoms with van der Waals surface area (Å²) in [6.45, 7) is 2.42. The molecular formula is C13H16N4O2S. The highest BCUT2D eigenvalue weighted by molar-refractivity contribution is 7.89. The van der Waals surface area contributed by atoms with Gasteiger partial charge in [-0.2, -0.15) is 0 Å². The first-order valence-electron chi connectivity index (χ1n) is 6.07. The number of rotatable bonds is 5. The van der Waals surface area contributed by atoms with E-state index in [0.717, 1.165) is 16.7 Å². The second kappa shape index (κ2) is 6.08. The molecule has 0 aromatic carbocycles. The summed E-state index contributed by atoms with van der Waals surface area (Å²) >= 11 is 0. The number of pyridine rings is 2. The van der Waals surface area contributed by atoms with Crippen LogP contribution in [0.5, 0.6) is 0 Å². The van der Waals surface area contributed by atoms with Crippen LogP contribution in [-0.2, 0) is 23.1 Å². The largest absolute Gasteiger partial charge is 0.326 e. The molecule has 0 spiro atoms. The first-order valence-corrected chi connectivity index (χ1v) is 7.55. The zero-order chi connectivity index (χ0) is 14.6. The van der Waals surface area contributed by atoms with E-state index in [1.54, 1.807) is 24.5 Å². The van der Waals surface area contributed by atoms with Gasteiger partial charge < -0.3 is 5.73 Å². The van der Waals surface area contributed by atoms with Gasteiger partial charge in [-0.1, -0.05) is 6.07 Å². The standard InChI is InChI=1S/C13H16N4O2S/c1-10-7-15-5-4-12(10)9-17-20(18,19)13-3-2-11(6-14)8-16-13/h2-5,7-8,17H,6,9,14H2,1H3. The molecule has 106 valence electrons. The summed E-state index contributed by atoms with van der Waals surface area (Å²) in [5.74, 6) is 0. The van der Waals surface area contributed by atoms with Crippen LogP contribution < -0.4 is 10.5 Å². The highest BCUT2D eigenvalue weighted by Crippen LogP contribution is 2.09. The minimum absolute atomic E-state index is 0.0126. The average molecular weight is 292 g/mol. The molecule has 0 bridgehead atoms. The lowest BCUT2D eigenvalue weighted by molar-refractivity contribution is 0.577. The molecule has 0 amide bonds. The van der Waals surface area contributed by atoms with Crippen LogP contribution in [0.1, 0.15) is 16.7 Å².